The number of hydrogen-bond acceptors (Lipinski definition) is 10. The summed E-state index contributed by atoms with van der Waals surface area (Å²) < 4.78 is 46.1. The van der Waals surface area contributed by atoms with E-state index in [0.717, 1.165) is 17.5 Å². The lowest BCUT2D eigenvalue weighted by molar-refractivity contribution is -0.142. The molecule has 0 radical (unpaired) electrons. The van der Waals surface area contributed by atoms with Crippen LogP contribution in [0.1, 0.15) is 71.8 Å². The molecule has 0 spiro atoms. The summed E-state index contributed by atoms with van der Waals surface area (Å²) >= 11 is 0. The van der Waals surface area contributed by atoms with E-state index < -0.39 is 74.1 Å². The molecular formula is C44H53N5O9S. The Labute approximate surface area is 345 Å². The van der Waals surface area contributed by atoms with Crippen molar-refractivity contribution in [1.82, 2.24) is 25.2 Å². The van der Waals surface area contributed by atoms with Crippen LogP contribution in [0, 0.1) is 17.3 Å². The van der Waals surface area contributed by atoms with Crippen LogP contribution in [0.25, 0.3) is 28.2 Å². The van der Waals surface area contributed by atoms with Crippen molar-refractivity contribution < 1.29 is 41.8 Å². The molecule has 6 atom stereocenters. The van der Waals surface area contributed by atoms with Crippen molar-refractivity contribution in [3.05, 3.63) is 72.8 Å². The van der Waals surface area contributed by atoms with Crippen LogP contribution in [0.4, 0.5) is 4.79 Å². The van der Waals surface area contributed by atoms with Crippen LogP contribution in [0.5, 0.6) is 11.5 Å². The molecule has 7 rings (SSSR count). The third-order valence-electron chi connectivity index (χ3n) is 11.6. The Hall–Kier alpha value is -5.44. The molecule has 314 valence electrons. The third-order valence-corrected chi connectivity index (χ3v) is 13.4. The van der Waals surface area contributed by atoms with E-state index in [4.69, 9.17) is 19.2 Å². The number of alkyl carbamates (subject to hydrolysis) is 1. The molecular weight excluding hydrogens is 775 g/mol. The number of benzene rings is 2. The van der Waals surface area contributed by atoms with E-state index in [2.05, 4.69) is 21.9 Å². The van der Waals surface area contributed by atoms with E-state index in [-0.39, 0.29) is 31.9 Å². The van der Waals surface area contributed by atoms with Gasteiger partial charge in [-0.1, -0.05) is 76.3 Å². The lowest BCUT2D eigenvalue weighted by atomic mass is 9.85. The number of sulfonamides is 1. The largest absolute Gasteiger partial charge is 0.496 e. The van der Waals surface area contributed by atoms with Crippen LogP contribution in [0.3, 0.4) is 0 Å². The minimum atomic E-state index is -3.92. The summed E-state index contributed by atoms with van der Waals surface area (Å²) in [7, 11) is -2.32. The summed E-state index contributed by atoms with van der Waals surface area (Å²) in [6, 6.07) is 13.0. The maximum Gasteiger partial charge on any atom is 0.407 e. The molecule has 1 unspecified atom stereocenters. The number of hydrogen-bond donors (Lipinski definition) is 3. The number of rotatable bonds is 8. The number of allylic oxidation sites excluding steroid dienone is 1. The number of fused-ring (bicyclic) bond motifs is 3. The number of carbonyl (C=O) groups excluding carboxylic acids is 4. The summed E-state index contributed by atoms with van der Waals surface area (Å²) in [4.78, 5) is 62.6. The number of cyclic esters (lactones) is 1. The van der Waals surface area contributed by atoms with E-state index in [1.807, 2.05) is 67.6 Å². The van der Waals surface area contributed by atoms with E-state index >= 15 is 0 Å². The molecule has 1 aromatic heterocycles. The SMILES string of the molecule is C=C[C@H]1C[C@]1(NC(=O)[C@@H]1C[C@@H]2CN1C(=O)[C@H](C(C)(C)C)NC(=O)OCC(C)CC/C=C/c1cc3c(cc(-c4ccccc4)nc3cc1OC)O2)C(=O)NS(=O)(=O)C1CC1. The van der Waals surface area contributed by atoms with Gasteiger partial charge in [0.1, 0.15) is 35.2 Å². The molecule has 1 saturated heterocycles. The van der Waals surface area contributed by atoms with Crippen molar-refractivity contribution in [1.29, 1.82) is 0 Å². The minimum Gasteiger partial charge on any atom is -0.496 e. The lowest BCUT2D eigenvalue weighted by Crippen LogP contribution is -2.60. The van der Waals surface area contributed by atoms with Gasteiger partial charge in [0.2, 0.25) is 21.8 Å². The first-order valence-corrected chi connectivity index (χ1v) is 21.7. The number of nitrogens with one attached hydrogen (secondary N) is 3. The maximum absolute atomic E-state index is 14.8. The van der Waals surface area contributed by atoms with Crippen molar-refractivity contribution in [3.8, 4) is 22.8 Å². The predicted molar refractivity (Wildman–Crippen MR) is 223 cm³/mol. The average molecular weight is 828 g/mol. The van der Waals surface area contributed by atoms with Crippen LogP contribution in [-0.4, -0.2) is 91.4 Å². The Morgan fingerprint density at radius 2 is 1.85 bits per heavy atom. The number of amides is 4. The third kappa shape index (κ3) is 8.94. The van der Waals surface area contributed by atoms with Crippen molar-refractivity contribution in [2.24, 2.45) is 17.3 Å². The second kappa shape index (κ2) is 16.3. The summed E-state index contributed by atoms with van der Waals surface area (Å²) in [5.74, 6) is -1.50. The minimum absolute atomic E-state index is 0.00777. The first kappa shape index (κ1) is 41.7. The van der Waals surface area contributed by atoms with E-state index in [9.17, 15) is 27.6 Å². The van der Waals surface area contributed by atoms with Crippen LogP contribution in [0.15, 0.2) is 67.3 Å². The molecule has 14 nitrogen and oxygen atoms in total. The maximum atomic E-state index is 14.8. The fourth-order valence-electron chi connectivity index (χ4n) is 7.84. The average Bonchev–Trinajstić information content (AvgIpc) is 4.13. The summed E-state index contributed by atoms with van der Waals surface area (Å²) in [5.41, 5.74) is 0.496. The van der Waals surface area contributed by atoms with Gasteiger partial charge >= 0.3 is 6.09 Å². The molecule has 3 fully saturated rings. The highest BCUT2D eigenvalue weighted by molar-refractivity contribution is 7.91. The van der Waals surface area contributed by atoms with Gasteiger partial charge in [-0.2, -0.15) is 0 Å². The van der Waals surface area contributed by atoms with Crippen molar-refractivity contribution in [2.45, 2.75) is 95.2 Å². The Bertz CT molecular complexity index is 2290. The number of methoxy groups -OCH3 is 1. The van der Waals surface area contributed by atoms with Gasteiger partial charge in [0.15, 0.2) is 0 Å². The zero-order valence-corrected chi connectivity index (χ0v) is 35.0. The van der Waals surface area contributed by atoms with Gasteiger partial charge in [0.25, 0.3) is 5.91 Å². The summed E-state index contributed by atoms with van der Waals surface area (Å²) in [5, 5.41) is 5.65. The van der Waals surface area contributed by atoms with Crippen LogP contribution < -0.4 is 24.8 Å². The smallest absolute Gasteiger partial charge is 0.407 e. The van der Waals surface area contributed by atoms with E-state index in [1.165, 1.54) is 11.0 Å². The molecule has 2 aliphatic heterocycles. The number of nitrogens with zero attached hydrogens (tertiary/aromatic N) is 2. The normalized spacial score (nSPS) is 26.9. The lowest BCUT2D eigenvalue weighted by Gasteiger charge is -2.35. The summed E-state index contributed by atoms with van der Waals surface area (Å²) in [6.45, 7) is 11.3. The fourth-order valence-corrected chi connectivity index (χ4v) is 9.20. The zero-order chi connectivity index (χ0) is 42.3. The molecule has 2 aliphatic carbocycles. The number of aromatic nitrogens is 1. The highest BCUT2D eigenvalue weighted by atomic mass is 32.2. The number of ether oxygens (including phenoxy) is 3. The molecule has 3 N–H and O–H groups in total. The molecule has 3 aromatic rings. The van der Waals surface area contributed by atoms with Gasteiger partial charge in [0, 0.05) is 41.0 Å². The first-order chi connectivity index (χ1) is 28.0. The van der Waals surface area contributed by atoms with Gasteiger partial charge < -0.3 is 29.7 Å². The van der Waals surface area contributed by atoms with Gasteiger partial charge in [-0.15, -0.1) is 6.58 Å². The molecule has 4 bridgehead atoms. The molecule has 59 heavy (non-hydrogen) atoms. The standard InChI is InChI=1S/C44H53N5O9S/c1-7-29-23-44(29,41(52)48-59(54,55)31-17-18-31)47-39(50)35-20-30-24-49(35)40(51)38(43(3,4)5)46-42(53)57-25-26(2)13-11-12-16-28-19-32-34(22-36(28)56-6)45-33(21-37(32)58-30)27-14-9-8-10-15-27/h7-10,12,14-16,19,21-22,26,29-31,35,38H,1,11,13,17-18,20,23-25H2,2-6H3,(H,46,53)(H,47,50)(H,48,52)/b16-12+/t26?,29-,30+,35-,38+,44+/m0/s1. The highest BCUT2D eigenvalue weighted by Crippen LogP contribution is 2.46. The molecule has 2 saturated carbocycles. The Balaban J connectivity index is 1.29. The number of pyridine rings is 1. The van der Waals surface area contributed by atoms with Crippen molar-refractivity contribution in [3.63, 3.8) is 0 Å². The van der Waals surface area contributed by atoms with Gasteiger partial charge in [0.05, 0.1) is 36.7 Å². The molecule has 15 heteroatoms. The van der Waals surface area contributed by atoms with Gasteiger partial charge in [-0.25, -0.2) is 18.2 Å². The molecule has 3 heterocycles. The van der Waals surface area contributed by atoms with Crippen LogP contribution >= 0.6 is 0 Å². The van der Waals surface area contributed by atoms with Crippen molar-refractivity contribution >= 4 is 50.8 Å². The Morgan fingerprint density at radius 1 is 1.10 bits per heavy atom. The summed E-state index contributed by atoms with van der Waals surface area (Å²) in [6.07, 6.45) is 6.51. The fraction of sp³-hybridized carbons (Fsp3) is 0.477. The Morgan fingerprint density at radius 3 is 2.51 bits per heavy atom. The van der Waals surface area contributed by atoms with E-state index in [0.29, 0.717) is 47.4 Å². The van der Waals surface area contributed by atoms with Crippen LogP contribution in [-0.2, 0) is 29.1 Å². The highest BCUT2D eigenvalue weighted by Gasteiger charge is 2.62. The quantitative estimate of drug-likeness (QED) is 0.245. The van der Waals surface area contributed by atoms with Crippen LogP contribution in [0.2, 0.25) is 0 Å². The Kier molecular flexibility index (Phi) is 11.5. The molecule has 4 aliphatic rings. The van der Waals surface area contributed by atoms with E-state index in [1.54, 1.807) is 27.9 Å². The molecule has 4 amide bonds. The van der Waals surface area contributed by atoms with Crippen molar-refractivity contribution in [2.75, 3.05) is 20.3 Å². The second-order valence-electron chi connectivity index (χ2n) is 17.3. The monoisotopic (exact) mass is 827 g/mol. The van der Waals surface area contributed by atoms with Gasteiger partial charge in [-0.05, 0) is 49.5 Å². The zero-order valence-electron chi connectivity index (χ0n) is 34.2. The second-order valence-corrected chi connectivity index (χ2v) is 19.2. The van der Waals surface area contributed by atoms with Gasteiger partial charge in [-0.3, -0.25) is 19.1 Å². The predicted octanol–water partition coefficient (Wildman–Crippen LogP) is 5.51. The topological polar surface area (TPSA) is 182 Å². The first-order valence-electron chi connectivity index (χ1n) is 20.2. The number of carbonyl (C=O) groups is 4. The molecule has 2 aromatic carbocycles.